The summed E-state index contributed by atoms with van der Waals surface area (Å²) in [6.07, 6.45) is 7.03. The SMILES string of the molecule is CN1CCC(O)(Cn2cnc(-c3ccccc3F)cc2=O)C2(CCCC2)C1.O=CN1CCNCC1c1cc(F)cc(F)c1. The molecule has 2 aromatic carbocycles. The Balaban J connectivity index is 0.000000196. The van der Waals surface area contributed by atoms with E-state index in [1.807, 2.05) is 0 Å². The number of hydrogen-bond acceptors (Lipinski definition) is 6. The number of aliphatic hydroxyl groups is 1. The number of piperidine rings is 1. The normalized spacial score (nSPS) is 23.6. The molecule has 1 aliphatic carbocycles. The molecule has 1 amide bonds. The Labute approximate surface area is 249 Å². The van der Waals surface area contributed by atoms with E-state index in [1.54, 1.807) is 23.1 Å². The highest BCUT2D eigenvalue weighted by Gasteiger charge is 2.54. The Hall–Kier alpha value is -3.54. The lowest BCUT2D eigenvalue weighted by atomic mass is 9.66. The molecule has 0 bridgehead atoms. The van der Waals surface area contributed by atoms with Crippen LogP contribution in [-0.2, 0) is 11.3 Å². The van der Waals surface area contributed by atoms with Gasteiger partial charge in [-0.3, -0.25) is 14.2 Å². The average molecular weight is 598 g/mol. The van der Waals surface area contributed by atoms with E-state index in [-0.39, 0.29) is 23.6 Å². The molecule has 1 spiro atoms. The first-order valence-electron chi connectivity index (χ1n) is 14.7. The van der Waals surface area contributed by atoms with Crippen LogP contribution in [0.1, 0.15) is 43.7 Å². The van der Waals surface area contributed by atoms with E-state index < -0.39 is 23.1 Å². The van der Waals surface area contributed by atoms with Gasteiger partial charge < -0.3 is 20.2 Å². The molecule has 11 heteroatoms. The Bertz CT molecular complexity index is 1470. The van der Waals surface area contributed by atoms with Gasteiger partial charge in [-0.2, -0.15) is 0 Å². The van der Waals surface area contributed by atoms with Gasteiger partial charge in [-0.05, 0) is 56.1 Å². The van der Waals surface area contributed by atoms with Gasteiger partial charge in [0.05, 0.1) is 30.2 Å². The number of nitrogens with one attached hydrogen (secondary N) is 1. The van der Waals surface area contributed by atoms with Crippen molar-refractivity contribution in [2.75, 3.05) is 39.8 Å². The van der Waals surface area contributed by atoms with E-state index >= 15 is 0 Å². The van der Waals surface area contributed by atoms with Gasteiger partial charge in [0.25, 0.3) is 5.56 Å². The molecule has 2 unspecified atom stereocenters. The first-order valence-corrected chi connectivity index (χ1v) is 14.7. The molecule has 3 aromatic rings. The highest BCUT2D eigenvalue weighted by atomic mass is 19.1. The van der Waals surface area contributed by atoms with E-state index in [1.165, 1.54) is 35.2 Å². The zero-order valence-electron chi connectivity index (χ0n) is 24.3. The summed E-state index contributed by atoms with van der Waals surface area (Å²) in [7, 11) is 2.09. The number of amides is 1. The molecule has 43 heavy (non-hydrogen) atoms. The minimum absolute atomic E-state index is 0.163. The molecule has 8 nitrogen and oxygen atoms in total. The molecular weight excluding hydrogens is 559 g/mol. The zero-order chi connectivity index (χ0) is 30.6. The van der Waals surface area contributed by atoms with Gasteiger partial charge in [0.2, 0.25) is 6.41 Å². The van der Waals surface area contributed by atoms with Crippen LogP contribution >= 0.6 is 0 Å². The number of rotatable bonds is 5. The quantitative estimate of drug-likeness (QED) is 0.436. The maximum absolute atomic E-state index is 14.0. The second-order valence-corrected chi connectivity index (χ2v) is 12.0. The van der Waals surface area contributed by atoms with Gasteiger partial charge in [0.1, 0.15) is 17.5 Å². The van der Waals surface area contributed by atoms with Crippen LogP contribution in [0.3, 0.4) is 0 Å². The van der Waals surface area contributed by atoms with Crippen LogP contribution in [0.5, 0.6) is 0 Å². The highest BCUT2D eigenvalue weighted by molar-refractivity contribution is 5.58. The van der Waals surface area contributed by atoms with Crippen molar-refractivity contribution in [3.8, 4) is 11.3 Å². The second-order valence-electron chi connectivity index (χ2n) is 12.0. The van der Waals surface area contributed by atoms with E-state index in [2.05, 4.69) is 22.2 Å². The van der Waals surface area contributed by atoms with Gasteiger partial charge in [-0.15, -0.1) is 0 Å². The fraction of sp³-hybridized carbons (Fsp3) is 0.469. The topological polar surface area (TPSA) is 90.7 Å². The summed E-state index contributed by atoms with van der Waals surface area (Å²) < 4.78 is 41.6. The summed E-state index contributed by atoms with van der Waals surface area (Å²) in [6, 6.07) is 10.7. The molecule has 2 aliphatic heterocycles. The lowest BCUT2D eigenvalue weighted by molar-refractivity contribution is -0.139. The highest BCUT2D eigenvalue weighted by Crippen LogP contribution is 2.51. The number of benzene rings is 2. The fourth-order valence-corrected chi connectivity index (χ4v) is 6.87. The predicted octanol–water partition coefficient (Wildman–Crippen LogP) is 3.74. The second kappa shape index (κ2) is 13.0. The standard InChI is InChI=1S/C21H26FN3O2.C11H12F2N2O/c1-24-11-10-21(27,20(13-24)8-4-5-9-20)14-25-15-23-18(12-19(25)26)16-6-2-3-7-17(16)22;12-9-3-8(4-10(13)5-9)11-6-14-1-2-15(11)7-16/h2-3,6-7,12,15,27H,4-5,8-11,13-14H2,1H3;3-5,7,11,14H,1-2,6H2. The van der Waals surface area contributed by atoms with Crippen molar-refractivity contribution in [2.24, 2.45) is 5.41 Å². The van der Waals surface area contributed by atoms with Crippen molar-refractivity contribution in [3.05, 3.63) is 88.2 Å². The Morgan fingerprint density at radius 3 is 2.44 bits per heavy atom. The van der Waals surface area contributed by atoms with Crippen molar-refractivity contribution in [2.45, 2.75) is 50.3 Å². The molecule has 1 aromatic heterocycles. The van der Waals surface area contributed by atoms with Crippen LogP contribution in [0.25, 0.3) is 11.3 Å². The molecule has 1 saturated carbocycles. The summed E-state index contributed by atoms with van der Waals surface area (Å²) in [4.78, 5) is 31.6. The smallest absolute Gasteiger partial charge is 0.253 e. The fourth-order valence-electron chi connectivity index (χ4n) is 6.87. The van der Waals surface area contributed by atoms with Gasteiger partial charge >= 0.3 is 0 Å². The molecule has 2 atom stereocenters. The summed E-state index contributed by atoms with van der Waals surface area (Å²) in [5.41, 5.74) is -0.224. The Morgan fingerprint density at radius 2 is 1.77 bits per heavy atom. The van der Waals surface area contributed by atoms with Crippen molar-refractivity contribution in [3.63, 3.8) is 0 Å². The third-order valence-corrected chi connectivity index (χ3v) is 9.18. The number of carbonyl (C=O) groups excluding carboxylic acids is 1. The summed E-state index contributed by atoms with van der Waals surface area (Å²) in [6.45, 7) is 3.68. The van der Waals surface area contributed by atoms with Crippen LogP contribution < -0.4 is 10.9 Å². The summed E-state index contributed by atoms with van der Waals surface area (Å²) >= 11 is 0. The molecule has 2 N–H and O–H groups in total. The molecule has 2 saturated heterocycles. The average Bonchev–Trinajstić information content (AvgIpc) is 3.46. The third-order valence-electron chi connectivity index (χ3n) is 9.18. The minimum atomic E-state index is -0.916. The van der Waals surface area contributed by atoms with Crippen molar-refractivity contribution >= 4 is 6.41 Å². The number of piperazine rings is 1. The minimum Gasteiger partial charge on any atom is -0.387 e. The third kappa shape index (κ3) is 6.68. The van der Waals surface area contributed by atoms with Gasteiger partial charge in [-0.1, -0.05) is 25.0 Å². The molecule has 230 valence electrons. The molecule has 6 rings (SSSR count). The number of hydrogen-bond donors (Lipinski definition) is 2. The van der Waals surface area contributed by atoms with E-state index in [4.69, 9.17) is 0 Å². The molecular formula is C32H38F3N5O3. The van der Waals surface area contributed by atoms with Crippen molar-refractivity contribution in [1.82, 2.24) is 24.7 Å². The van der Waals surface area contributed by atoms with Crippen LogP contribution in [0.4, 0.5) is 13.2 Å². The lowest BCUT2D eigenvalue weighted by Crippen LogP contribution is -2.60. The predicted molar refractivity (Wildman–Crippen MR) is 157 cm³/mol. The molecule has 0 radical (unpaired) electrons. The summed E-state index contributed by atoms with van der Waals surface area (Å²) in [5.74, 6) is -1.64. The molecule has 3 aliphatic rings. The Kier molecular flexibility index (Phi) is 9.33. The molecule has 3 heterocycles. The van der Waals surface area contributed by atoms with Crippen LogP contribution in [0, 0.1) is 22.9 Å². The monoisotopic (exact) mass is 597 g/mol. The number of halogens is 3. The Morgan fingerprint density at radius 1 is 1.05 bits per heavy atom. The van der Waals surface area contributed by atoms with Crippen LogP contribution in [-0.4, -0.2) is 76.2 Å². The van der Waals surface area contributed by atoms with Crippen LogP contribution in [0.15, 0.2) is 59.7 Å². The zero-order valence-corrected chi connectivity index (χ0v) is 24.3. The number of aromatic nitrogens is 2. The first-order chi connectivity index (χ1) is 20.6. The van der Waals surface area contributed by atoms with Gasteiger partial charge in [0.15, 0.2) is 0 Å². The van der Waals surface area contributed by atoms with Crippen molar-refractivity contribution < 1.29 is 23.1 Å². The number of carbonyl (C=O) groups is 1. The first kappa shape index (κ1) is 30.9. The lowest BCUT2D eigenvalue weighted by Gasteiger charge is -2.51. The van der Waals surface area contributed by atoms with Crippen LogP contribution in [0.2, 0.25) is 0 Å². The van der Waals surface area contributed by atoms with E-state index in [0.717, 1.165) is 44.8 Å². The largest absolute Gasteiger partial charge is 0.387 e. The number of likely N-dealkylation sites (tertiary alicyclic amines) is 1. The van der Waals surface area contributed by atoms with Crippen molar-refractivity contribution in [1.29, 1.82) is 0 Å². The van der Waals surface area contributed by atoms with E-state index in [0.29, 0.717) is 49.3 Å². The maximum Gasteiger partial charge on any atom is 0.253 e. The summed E-state index contributed by atoms with van der Waals surface area (Å²) in [5, 5.41) is 14.7. The number of nitrogens with zero attached hydrogens (tertiary/aromatic N) is 4. The van der Waals surface area contributed by atoms with Gasteiger partial charge in [0, 0.05) is 55.8 Å². The van der Waals surface area contributed by atoms with E-state index in [9.17, 15) is 27.9 Å². The van der Waals surface area contributed by atoms with Gasteiger partial charge in [-0.25, -0.2) is 18.2 Å². The molecule has 3 fully saturated rings. The maximum atomic E-state index is 14.0.